The van der Waals surface area contributed by atoms with Gasteiger partial charge in [-0.1, -0.05) is 0 Å². The quantitative estimate of drug-likeness (QED) is 0.628. The fraction of sp³-hybridized carbons (Fsp3) is 0.889. The molecule has 1 aliphatic carbocycles. The molecule has 1 rings (SSSR count). The van der Waals surface area contributed by atoms with Crippen LogP contribution in [0.4, 0.5) is 0 Å². The average Bonchev–Trinajstić information content (AvgIpc) is 2.00. The Kier molecular flexibility index (Phi) is 3.27. The molecule has 1 amide bonds. The van der Waals surface area contributed by atoms with Crippen LogP contribution in [0, 0.1) is 5.92 Å². The van der Waals surface area contributed by atoms with Crippen LogP contribution in [-0.2, 0) is 4.79 Å². The molecule has 1 atom stereocenters. The number of aliphatic hydroxyl groups is 1. The zero-order valence-electron chi connectivity index (χ0n) is 8.23. The first kappa shape index (κ1) is 10.5. The van der Waals surface area contributed by atoms with E-state index >= 15 is 0 Å². The summed E-state index contributed by atoms with van der Waals surface area (Å²) in [5.41, 5.74) is 5.46. The minimum Gasteiger partial charge on any atom is -0.393 e. The number of likely N-dealkylation sites (N-methyl/N-ethyl adjacent to an activating group) is 1. The van der Waals surface area contributed by atoms with Crippen molar-refractivity contribution in [1.82, 2.24) is 4.90 Å². The summed E-state index contributed by atoms with van der Waals surface area (Å²) < 4.78 is 0. The molecule has 1 unspecified atom stereocenters. The highest BCUT2D eigenvalue weighted by Gasteiger charge is 2.29. The minimum atomic E-state index is -0.421. The molecule has 0 aliphatic heterocycles. The normalized spacial score (nSPS) is 29.2. The van der Waals surface area contributed by atoms with E-state index in [0.717, 1.165) is 19.4 Å². The summed E-state index contributed by atoms with van der Waals surface area (Å²) >= 11 is 0. The van der Waals surface area contributed by atoms with Crippen molar-refractivity contribution in [2.45, 2.75) is 31.9 Å². The molecule has 0 heterocycles. The molecule has 1 fully saturated rings. The zero-order valence-corrected chi connectivity index (χ0v) is 8.23. The van der Waals surface area contributed by atoms with E-state index < -0.39 is 6.04 Å². The Labute approximate surface area is 78.7 Å². The van der Waals surface area contributed by atoms with Gasteiger partial charge in [-0.05, 0) is 25.7 Å². The van der Waals surface area contributed by atoms with Crippen molar-refractivity contribution in [3.05, 3.63) is 0 Å². The number of hydrogen-bond donors (Lipinski definition) is 2. The van der Waals surface area contributed by atoms with Crippen LogP contribution in [0.2, 0.25) is 0 Å². The smallest absolute Gasteiger partial charge is 0.238 e. The van der Waals surface area contributed by atoms with Crippen LogP contribution in [0.1, 0.15) is 19.8 Å². The lowest BCUT2D eigenvalue weighted by Gasteiger charge is -2.34. The summed E-state index contributed by atoms with van der Waals surface area (Å²) in [6, 6.07) is -0.421. The van der Waals surface area contributed by atoms with Crippen LogP contribution in [0.25, 0.3) is 0 Å². The Morgan fingerprint density at radius 2 is 2.23 bits per heavy atom. The number of hydrogen-bond acceptors (Lipinski definition) is 3. The molecule has 13 heavy (non-hydrogen) atoms. The third kappa shape index (κ3) is 2.67. The molecular weight excluding hydrogens is 168 g/mol. The Morgan fingerprint density at radius 1 is 1.69 bits per heavy atom. The maximum atomic E-state index is 11.3. The van der Waals surface area contributed by atoms with Crippen LogP contribution in [0.3, 0.4) is 0 Å². The van der Waals surface area contributed by atoms with Gasteiger partial charge in [-0.25, -0.2) is 0 Å². The van der Waals surface area contributed by atoms with Gasteiger partial charge in [-0.2, -0.15) is 0 Å². The van der Waals surface area contributed by atoms with Crippen LogP contribution in [0.15, 0.2) is 0 Å². The van der Waals surface area contributed by atoms with E-state index in [9.17, 15) is 4.79 Å². The Morgan fingerprint density at radius 3 is 2.62 bits per heavy atom. The van der Waals surface area contributed by atoms with E-state index in [1.54, 1.807) is 18.9 Å². The third-order valence-corrected chi connectivity index (χ3v) is 2.51. The fourth-order valence-corrected chi connectivity index (χ4v) is 1.67. The molecule has 4 heteroatoms. The van der Waals surface area contributed by atoms with Gasteiger partial charge in [0.25, 0.3) is 0 Å². The average molecular weight is 186 g/mol. The van der Waals surface area contributed by atoms with Crippen molar-refractivity contribution in [1.29, 1.82) is 0 Å². The predicted octanol–water partition coefficient (Wildman–Crippen LogP) is -0.437. The second kappa shape index (κ2) is 4.07. The van der Waals surface area contributed by atoms with E-state index in [2.05, 4.69) is 0 Å². The highest BCUT2D eigenvalue weighted by molar-refractivity contribution is 5.80. The van der Waals surface area contributed by atoms with E-state index in [-0.39, 0.29) is 12.0 Å². The summed E-state index contributed by atoms with van der Waals surface area (Å²) in [4.78, 5) is 13.0. The van der Waals surface area contributed by atoms with Gasteiger partial charge in [0.05, 0.1) is 12.1 Å². The SMILES string of the molecule is CC(N)C(=O)N(C)CC1CC(O)C1. The van der Waals surface area contributed by atoms with Crippen molar-refractivity contribution in [2.24, 2.45) is 11.7 Å². The van der Waals surface area contributed by atoms with Crippen molar-refractivity contribution < 1.29 is 9.90 Å². The van der Waals surface area contributed by atoms with Crippen molar-refractivity contribution in [2.75, 3.05) is 13.6 Å². The molecule has 0 bridgehead atoms. The summed E-state index contributed by atoms with van der Waals surface area (Å²) in [5.74, 6) is 0.434. The monoisotopic (exact) mass is 186 g/mol. The lowest BCUT2D eigenvalue weighted by molar-refractivity contribution is -0.132. The third-order valence-electron chi connectivity index (χ3n) is 2.51. The second-order valence-corrected chi connectivity index (χ2v) is 4.00. The van der Waals surface area contributed by atoms with E-state index in [0.29, 0.717) is 5.92 Å². The van der Waals surface area contributed by atoms with Crippen LogP contribution >= 0.6 is 0 Å². The Balaban J connectivity index is 2.25. The number of nitrogens with zero attached hydrogens (tertiary/aromatic N) is 1. The van der Waals surface area contributed by atoms with E-state index in [1.165, 1.54) is 0 Å². The molecule has 4 nitrogen and oxygen atoms in total. The van der Waals surface area contributed by atoms with Gasteiger partial charge in [0.1, 0.15) is 0 Å². The summed E-state index contributed by atoms with van der Waals surface area (Å²) in [6.45, 7) is 2.41. The summed E-state index contributed by atoms with van der Waals surface area (Å²) in [7, 11) is 1.76. The standard InChI is InChI=1S/C9H18N2O2/c1-6(10)9(13)11(2)5-7-3-8(12)4-7/h6-8,12H,3-5,10H2,1-2H3. The van der Waals surface area contributed by atoms with Crippen LogP contribution in [-0.4, -0.2) is 41.7 Å². The van der Waals surface area contributed by atoms with E-state index in [1.807, 2.05) is 0 Å². The maximum Gasteiger partial charge on any atom is 0.238 e. The molecule has 0 aromatic carbocycles. The molecule has 76 valence electrons. The number of rotatable bonds is 3. The topological polar surface area (TPSA) is 66.6 Å². The number of carbonyl (C=O) groups excluding carboxylic acids is 1. The van der Waals surface area contributed by atoms with Crippen LogP contribution in [0.5, 0.6) is 0 Å². The number of nitrogens with two attached hydrogens (primary N) is 1. The molecule has 0 saturated heterocycles. The van der Waals surface area contributed by atoms with Gasteiger partial charge in [-0.3, -0.25) is 4.79 Å². The van der Waals surface area contributed by atoms with Crippen LogP contribution < -0.4 is 5.73 Å². The zero-order chi connectivity index (χ0) is 10.0. The predicted molar refractivity (Wildman–Crippen MR) is 50.0 cm³/mol. The molecule has 0 aromatic rings. The molecule has 1 aliphatic rings. The first-order valence-electron chi connectivity index (χ1n) is 4.69. The Bertz CT molecular complexity index is 188. The Hall–Kier alpha value is -0.610. The molecular formula is C9H18N2O2. The number of carbonyl (C=O) groups is 1. The lowest BCUT2D eigenvalue weighted by Crippen LogP contribution is -2.44. The number of aliphatic hydroxyl groups excluding tert-OH is 1. The number of amides is 1. The second-order valence-electron chi connectivity index (χ2n) is 4.00. The van der Waals surface area contributed by atoms with Gasteiger partial charge < -0.3 is 15.7 Å². The highest BCUT2D eigenvalue weighted by Crippen LogP contribution is 2.27. The largest absolute Gasteiger partial charge is 0.393 e. The molecule has 3 N–H and O–H groups in total. The first-order chi connectivity index (χ1) is 6.00. The fourth-order valence-electron chi connectivity index (χ4n) is 1.67. The molecule has 1 saturated carbocycles. The summed E-state index contributed by atoms with van der Waals surface area (Å²) in [5, 5.41) is 9.05. The van der Waals surface area contributed by atoms with Gasteiger partial charge in [0.2, 0.25) is 5.91 Å². The first-order valence-corrected chi connectivity index (χ1v) is 4.69. The van der Waals surface area contributed by atoms with Gasteiger partial charge >= 0.3 is 0 Å². The molecule has 0 aromatic heterocycles. The minimum absolute atomic E-state index is 0.0265. The maximum absolute atomic E-state index is 11.3. The van der Waals surface area contributed by atoms with Gasteiger partial charge in [-0.15, -0.1) is 0 Å². The molecule has 0 radical (unpaired) electrons. The van der Waals surface area contributed by atoms with Gasteiger partial charge in [0.15, 0.2) is 0 Å². The van der Waals surface area contributed by atoms with Gasteiger partial charge in [0, 0.05) is 13.6 Å². The van der Waals surface area contributed by atoms with Crippen molar-refractivity contribution >= 4 is 5.91 Å². The lowest BCUT2D eigenvalue weighted by atomic mass is 9.82. The molecule has 0 spiro atoms. The summed E-state index contributed by atoms with van der Waals surface area (Å²) in [6.07, 6.45) is 1.48. The van der Waals surface area contributed by atoms with Crippen molar-refractivity contribution in [3.63, 3.8) is 0 Å². The van der Waals surface area contributed by atoms with E-state index in [4.69, 9.17) is 10.8 Å². The highest BCUT2D eigenvalue weighted by atomic mass is 16.3. The van der Waals surface area contributed by atoms with Crippen molar-refractivity contribution in [3.8, 4) is 0 Å².